The molecule has 8 heteroatoms. The van der Waals surface area contributed by atoms with Gasteiger partial charge in [-0.2, -0.15) is 0 Å². The van der Waals surface area contributed by atoms with E-state index in [1.165, 1.54) is 4.90 Å². The van der Waals surface area contributed by atoms with Gasteiger partial charge in [0.25, 0.3) is 11.8 Å². The standard InChI is InChI=1S/C20H28N4O4/c1-3-12(2)11-16-19(26)24(20(27)23-16)13-6-8-14(9-7-13)28-18-15(17(21)25)5-4-10-22-18/h4-5,10,12-14,16H,3,6-9,11H2,1-2H3,(H2,21,25)(H,23,27). The maximum absolute atomic E-state index is 12.7. The van der Waals surface area contributed by atoms with Gasteiger partial charge in [-0.25, -0.2) is 9.78 Å². The maximum atomic E-state index is 12.7. The molecule has 4 amide bonds. The summed E-state index contributed by atoms with van der Waals surface area (Å²) in [5, 5.41) is 2.83. The number of nitrogens with two attached hydrogens (primary N) is 1. The van der Waals surface area contributed by atoms with E-state index in [-0.39, 0.29) is 35.5 Å². The van der Waals surface area contributed by atoms with E-state index in [0.717, 1.165) is 6.42 Å². The van der Waals surface area contributed by atoms with Crippen LogP contribution in [0.4, 0.5) is 4.79 Å². The summed E-state index contributed by atoms with van der Waals surface area (Å²) in [6.45, 7) is 4.17. The Bertz CT molecular complexity index is 745. The van der Waals surface area contributed by atoms with Crippen molar-refractivity contribution in [2.45, 2.75) is 70.6 Å². The van der Waals surface area contributed by atoms with E-state index in [9.17, 15) is 14.4 Å². The zero-order chi connectivity index (χ0) is 20.3. The lowest BCUT2D eigenvalue weighted by molar-refractivity contribution is -0.130. The summed E-state index contributed by atoms with van der Waals surface area (Å²) < 4.78 is 5.88. The zero-order valence-electron chi connectivity index (χ0n) is 16.4. The number of nitrogens with one attached hydrogen (secondary N) is 1. The summed E-state index contributed by atoms with van der Waals surface area (Å²) in [6.07, 6.45) is 5.75. The van der Waals surface area contributed by atoms with Crippen LogP contribution in [0.1, 0.15) is 62.7 Å². The molecule has 2 unspecified atom stereocenters. The third kappa shape index (κ3) is 4.26. The summed E-state index contributed by atoms with van der Waals surface area (Å²) in [6, 6.07) is 2.40. The van der Waals surface area contributed by atoms with Crippen LogP contribution >= 0.6 is 0 Å². The van der Waals surface area contributed by atoms with Gasteiger partial charge in [0.15, 0.2) is 0 Å². The molecule has 1 aromatic rings. The van der Waals surface area contributed by atoms with Gasteiger partial charge in [-0.15, -0.1) is 0 Å². The fourth-order valence-electron chi connectivity index (χ4n) is 3.87. The molecule has 2 atom stereocenters. The Morgan fingerprint density at radius 3 is 2.71 bits per heavy atom. The number of hydrogen-bond acceptors (Lipinski definition) is 5. The Morgan fingerprint density at radius 2 is 2.07 bits per heavy atom. The van der Waals surface area contributed by atoms with Crippen molar-refractivity contribution in [1.82, 2.24) is 15.2 Å². The van der Waals surface area contributed by atoms with Gasteiger partial charge in [0, 0.05) is 12.2 Å². The molecule has 0 aromatic carbocycles. The summed E-state index contributed by atoms with van der Waals surface area (Å²) in [7, 11) is 0. The van der Waals surface area contributed by atoms with Crippen LogP contribution in [0.25, 0.3) is 0 Å². The second kappa shape index (κ2) is 8.58. The Balaban J connectivity index is 1.58. The number of amides is 4. The molecule has 2 heterocycles. The predicted molar refractivity (Wildman–Crippen MR) is 103 cm³/mol. The fourth-order valence-corrected chi connectivity index (χ4v) is 3.87. The highest BCUT2D eigenvalue weighted by Gasteiger charge is 2.43. The lowest BCUT2D eigenvalue weighted by atomic mass is 9.91. The van der Waals surface area contributed by atoms with Crippen LogP contribution in [0.5, 0.6) is 5.88 Å². The van der Waals surface area contributed by atoms with Crippen LogP contribution in [-0.4, -0.2) is 45.9 Å². The number of pyridine rings is 1. The smallest absolute Gasteiger partial charge is 0.325 e. The third-order valence-electron chi connectivity index (χ3n) is 5.71. The van der Waals surface area contributed by atoms with Crippen molar-refractivity contribution in [3.05, 3.63) is 23.9 Å². The molecule has 1 saturated heterocycles. The van der Waals surface area contributed by atoms with Crippen LogP contribution in [-0.2, 0) is 4.79 Å². The van der Waals surface area contributed by atoms with Gasteiger partial charge in [-0.3, -0.25) is 14.5 Å². The normalized spacial score (nSPS) is 26.1. The van der Waals surface area contributed by atoms with Crippen molar-refractivity contribution in [1.29, 1.82) is 0 Å². The molecular weight excluding hydrogens is 360 g/mol. The van der Waals surface area contributed by atoms with Crippen molar-refractivity contribution < 1.29 is 19.1 Å². The number of ether oxygens (including phenoxy) is 1. The number of carbonyl (C=O) groups is 3. The molecule has 2 fully saturated rings. The zero-order valence-corrected chi connectivity index (χ0v) is 16.4. The molecule has 0 spiro atoms. The number of urea groups is 1. The van der Waals surface area contributed by atoms with Gasteiger partial charge in [-0.05, 0) is 50.2 Å². The van der Waals surface area contributed by atoms with Gasteiger partial charge in [0.05, 0.1) is 0 Å². The summed E-state index contributed by atoms with van der Waals surface area (Å²) in [5.74, 6) is -0.0721. The minimum Gasteiger partial charge on any atom is -0.474 e. The van der Waals surface area contributed by atoms with Crippen molar-refractivity contribution in [3.63, 3.8) is 0 Å². The van der Waals surface area contributed by atoms with Crippen molar-refractivity contribution >= 4 is 17.8 Å². The number of aromatic nitrogens is 1. The van der Waals surface area contributed by atoms with E-state index >= 15 is 0 Å². The molecule has 0 bridgehead atoms. The van der Waals surface area contributed by atoms with Gasteiger partial charge >= 0.3 is 6.03 Å². The molecular formula is C20H28N4O4. The number of primary amides is 1. The molecule has 8 nitrogen and oxygen atoms in total. The summed E-state index contributed by atoms with van der Waals surface area (Å²) in [5.41, 5.74) is 5.62. The minimum atomic E-state index is -0.580. The number of nitrogens with zero attached hydrogens (tertiary/aromatic N) is 2. The molecule has 1 aliphatic heterocycles. The number of rotatable bonds is 7. The van der Waals surface area contributed by atoms with E-state index in [2.05, 4.69) is 24.1 Å². The molecule has 1 saturated carbocycles. The average Bonchev–Trinajstić information content (AvgIpc) is 2.96. The fraction of sp³-hybridized carbons (Fsp3) is 0.600. The molecule has 3 rings (SSSR count). The Hall–Kier alpha value is -2.64. The first-order chi connectivity index (χ1) is 13.4. The largest absolute Gasteiger partial charge is 0.474 e. The number of imide groups is 1. The van der Waals surface area contributed by atoms with Crippen LogP contribution in [0, 0.1) is 5.92 Å². The first-order valence-corrected chi connectivity index (χ1v) is 9.95. The monoisotopic (exact) mass is 388 g/mol. The van der Waals surface area contributed by atoms with E-state index < -0.39 is 11.9 Å². The SMILES string of the molecule is CCC(C)CC1NC(=O)N(C2CCC(Oc3ncccc3C(N)=O)CC2)C1=O. The average molecular weight is 388 g/mol. The molecule has 28 heavy (non-hydrogen) atoms. The van der Waals surface area contributed by atoms with E-state index in [0.29, 0.717) is 38.0 Å². The van der Waals surface area contributed by atoms with Crippen molar-refractivity contribution in [2.24, 2.45) is 11.7 Å². The first-order valence-electron chi connectivity index (χ1n) is 9.95. The Labute approximate surface area is 164 Å². The molecule has 1 aromatic heterocycles. The van der Waals surface area contributed by atoms with E-state index in [1.54, 1.807) is 18.3 Å². The Kier molecular flexibility index (Phi) is 6.16. The van der Waals surface area contributed by atoms with E-state index in [1.807, 2.05) is 0 Å². The van der Waals surface area contributed by atoms with Gasteiger partial charge in [-0.1, -0.05) is 20.3 Å². The van der Waals surface area contributed by atoms with Crippen molar-refractivity contribution in [2.75, 3.05) is 0 Å². The second-order valence-corrected chi connectivity index (χ2v) is 7.73. The molecule has 1 aliphatic carbocycles. The maximum Gasteiger partial charge on any atom is 0.325 e. The van der Waals surface area contributed by atoms with Crippen LogP contribution in [0.15, 0.2) is 18.3 Å². The summed E-state index contributed by atoms with van der Waals surface area (Å²) in [4.78, 5) is 42.1. The van der Waals surface area contributed by atoms with Gasteiger partial charge < -0.3 is 15.8 Å². The van der Waals surface area contributed by atoms with Gasteiger partial charge in [0.2, 0.25) is 5.88 Å². The quantitative estimate of drug-likeness (QED) is 0.695. The highest BCUT2D eigenvalue weighted by atomic mass is 16.5. The second-order valence-electron chi connectivity index (χ2n) is 7.73. The third-order valence-corrected chi connectivity index (χ3v) is 5.71. The highest BCUT2D eigenvalue weighted by Crippen LogP contribution is 2.30. The summed E-state index contributed by atoms with van der Waals surface area (Å²) >= 11 is 0. The molecule has 0 radical (unpaired) electrons. The highest BCUT2D eigenvalue weighted by molar-refractivity contribution is 6.04. The van der Waals surface area contributed by atoms with Crippen LogP contribution < -0.4 is 15.8 Å². The number of carbonyl (C=O) groups excluding carboxylic acids is 3. The first kappa shape index (κ1) is 20.1. The molecule has 3 N–H and O–H groups in total. The van der Waals surface area contributed by atoms with Crippen molar-refractivity contribution in [3.8, 4) is 5.88 Å². The van der Waals surface area contributed by atoms with Gasteiger partial charge in [0.1, 0.15) is 17.7 Å². The Morgan fingerprint density at radius 1 is 1.36 bits per heavy atom. The molecule has 152 valence electrons. The lowest BCUT2D eigenvalue weighted by Crippen LogP contribution is -2.44. The van der Waals surface area contributed by atoms with Crippen LogP contribution in [0.2, 0.25) is 0 Å². The number of hydrogen-bond donors (Lipinski definition) is 2. The topological polar surface area (TPSA) is 115 Å². The lowest BCUT2D eigenvalue weighted by Gasteiger charge is -2.33. The predicted octanol–water partition coefficient (Wildman–Crippen LogP) is 2.23. The van der Waals surface area contributed by atoms with Crippen LogP contribution in [0.3, 0.4) is 0 Å². The van der Waals surface area contributed by atoms with E-state index in [4.69, 9.17) is 10.5 Å². The minimum absolute atomic E-state index is 0.115. The molecule has 2 aliphatic rings.